The van der Waals surface area contributed by atoms with Crippen molar-refractivity contribution in [3.63, 3.8) is 0 Å². The molecular weight excluding hydrogens is 499 g/mol. The van der Waals surface area contributed by atoms with E-state index in [1.54, 1.807) is 25.1 Å². The van der Waals surface area contributed by atoms with Gasteiger partial charge in [0.05, 0.1) is 10.4 Å². The Morgan fingerprint density at radius 1 is 1.19 bits per heavy atom. The fraction of sp³-hybridized carbons (Fsp3) is 0.346. The summed E-state index contributed by atoms with van der Waals surface area (Å²) in [7, 11) is -3.93. The molecule has 1 aliphatic carbocycles. The fourth-order valence-corrected chi connectivity index (χ4v) is 5.98. The number of carbonyl (C=O) groups is 2. The number of sulfonamides is 1. The van der Waals surface area contributed by atoms with E-state index >= 15 is 0 Å². The van der Waals surface area contributed by atoms with Gasteiger partial charge in [-0.1, -0.05) is 24.3 Å². The summed E-state index contributed by atoms with van der Waals surface area (Å²) in [6.07, 6.45) is 3.32. The van der Waals surface area contributed by atoms with E-state index in [-0.39, 0.29) is 23.9 Å². The SMILES string of the molecule is Cc1cccc(S(=O)(=O)NC23C=N/C(C(=O)NCc4ccc(F)cc4)=C(/O)C(=O)NCC(CC2)CC3)c1. The highest BCUT2D eigenvalue weighted by Crippen LogP contribution is 2.33. The van der Waals surface area contributed by atoms with Crippen molar-refractivity contribution >= 4 is 28.1 Å². The van der Waals surface area contributed by atoms with Crippen molar-refractivity contribution in [3.8, 4) is 0 Å². The third kappa shape index (κ3) is 6.41. The lowest BCUT2D eigenvalue weighted by Gasteiger charge is -2.37. The number of aryl methyl sites for hydroxylation is 1. The van der Waals surface area contributed by atoms with Gasteiger partial charge in [-0.3, -0.25) is 9.59 Å². The number of aliphatic hydroxyl groups excluding tert-OH is 1. The zero-order valence-electron chi connectivity index (χ0n) is 20.3. The second kappa shape index (κ2) is 10.8. The van der Waals surface area contributed by atoms with Crippen molar-refractivity contribution in [1.29, 1.82) is 0 Å². The van der Waals surface area contributed by atoms with Gasteiger partial charge in [0, 0.05) is 19.3 Å². The first-order valence-electron chi connectivity index (χ1n) is 12.0. The number of nitrogens with zero attached hydrogens (tertiary/aromatic N) is 1. The summed E-state index contributed by atoms with van der Waals surface area (Å²) in [5, 5.41) is 15.8. The van der Waals surface area contributed by atoms with Crippen molar-refractivity contribution in [2.45, 2.75) is 49.6 Å². The summed E-state index contributed by atoms with van der Waals surface area (Å²) >= 11 is 0. The second-order valence-electron chi connectivity index (χ2n) is 9.50. The van der Waals surface area contributed by atoms with Gasteiger partial charge in [-0.15, -0.1) is 0 Å². The fourth-order valence-electron chi connectivity index (χ4n) is 4.48. The molecule has 0 atom stereocenters. The van der Waals surface area contributed by atoms with Crippen LogP contribution in [0.2, 0.25) is 0 Å². The third-order valence-corrected chi connectivity index (χ3v) is 8.20. The quantitative estimate of drug-likeness (QED) is 0.457. The molecule has 0 saturated heterocycles. The Morgan fingerprint density at radius 2 is 1.89 bits per heavy atom. The van der Waals surface area contributed by atoms with E-state index < -0.39 is 44.7 Å². The molecule has 0 unspecified atom stereocenters. The Labute approximate surface area is 214 Å². The van der Waals surface area contributed by atoms with E-state index in [0.29, 0.717) is 31.2 Å². The summed E-state index contributed by atoms with van der Waals surface area (Å²) in [5.41, 5.74) is -0.271. The number of benzene rings is 2. The van der Waals surface area contributed by atoms with E-state index in [2.05, 4.69) is 20.3 Å². The normalized spacial score (nSPS) is 24.3. The molecule has 3 aliphatic rings. The molecule has 9 nitrogen and oxygen atoms in total. The van der Waals surface area contributed by atoms with Gasteiger partial charge in [-0.2, -0.15) is 4.72 Å². The molecule has 4 N–H and O–H groups in total. The van der Waals surface area contributed by atoms with Crippen molar-refractivity contribution in [3.05, 3.63) is 76.9 Å². The average Bonchev–Trinajstić information content (AvgIpc) is 2.90. The monoisotopic (exact) mass is 528 g/mol. The average molecular weight is 529 g/mol. The van der Waals surface area contributed by atoms with Crippen LogP contribution in [-0.2, 0) is 26.2 Å². The molecule has 37 heavy (non-hydrogen) atoms. The molecule has 2 aromatic rings. The van der Waals surface area contributed by atoms with Crippen LogP contribution < -0.4 is 15.4 Å². The predicted molar refractivity (Wildman–Crippen MR) is 136 cm³/mol. The summed E-state index contributed by atoms with van der Waals surface area (Å²) in [5.74, 6) is -2.89. The van der Waals surface area contributed by atoms with Gasteiger partial charge < -0.3 is 15.7 Å². The zero-order valence-corrected chi connectivity index (χ0v) is 21.1. The summed E-state index contributed by atoms with van der Waals surface area (Å²) < 4.78 is 42.5. The van der Waals surface area contributed by atoms with E-state index in [4.69, 9.17) is 0 Å². The van der Waals surface area contributed by atoms with Crippen LogP contribution in [0.15, 0.2) is 69.9 Å². The maximum Gasteiger partial charge on any atom is 0.288 e. The maximum atomic E-state index is 13.3. The largest absolute Gasteiger partial charge is 0.501 e. The molecule has 0 aromatic heterocycles. The molecule has 0 spiro atoms. The van der Waals surface area contributed by atoms with Crippen LogP contribution in [0.5, 0.6) is 0 Å². The van der Waals surface area contributed by atoms with E-state index in [0.717, 1.165) is 5.56 Å². The number of nitrogens with one attached hydrogen (secondary N) is 3. The van der Waals surface area contributed by atoms with E-state index in [9.17, 15) is 27.5 Å². The van der Waals surface area contributed by atoms with Gasteiger partial charge in [-0.25, -0.2) is 17.8 Å². The Hall–Kier alpha value is -3.57. The molecule has 196 valence electrons. The van der Waals surface area contributed by atoms with Crippen LogP contribution in [0.3, 0.4) is 0 Å². The predicted octanol–water partition coefficient (Wildman–Crippen LogP) is 2.63. The number of hydrogen-bond donors (Lipinski definition) is 4. The maximum absolute atomic E-state index is 13.3. The number of fused-ring (bicyclic) bond motifs is 6. The molecule has 2 aliphatic heterocycles. The first-order valence-corrected chi connectivity index (χ1v) is 13.5. The van der Waals surface area contributed by atoms with Gasteiger partial charge in [0.1, 0.15) is 5.82 Å². The number of hydrogen-bond acceptors (Lipinski definition) is 6. The molecule has 1 fully saturated rings. The third-order valence-electron chi connectivity index (χ3n) is 6.65. The number of aliphatic hydroxyl groups is 1. The minimum absolute atomic E-state index is 0.000235. The minimum atomic E-state index is -3.93. The Bertz CT molecular complexity index is 1350. The lowest BCUT2D eigenvalue weighted by molar-refractivity contribution is -0.122. The summed E-state index contributed by atoms with van der Waals surface area (Å²) in [6, 6.07) is 12.0. The summed E-state index contributed by atoms with van der Waals surface area (Å²) in [4.78, 5) is 29.8. The van der Waals surface area contributed by atoms with Crippen LogP contribution >= 0.6 is 0 Å². The Morgan fingerprint density at radius 3 is 2.57 bits per heavy atom. The Balaban J connectivity index is 1.64. The first-order chi connectivity index (χ1) is 17.6. The lowest BCUT2D eigenvalue weighted by Crippen LogP contribution is -2.52. The molecule has 2 heterocycles. The van der Waals surface area contributed by atoms with Crippen molar-refractivity contribution < 1.29 is 27.5 Å². The van der Waals surface area contributed by atoms with Gasteiger partial charge in [0.25, 0.3) is 11.8 Å². The van der Waals surface area contributed by atoms with E-state index in [1.165, 1.54) is 36.5 Å². The smallest absolute Gasteiger partial charge is 0.288 e. The highest BCUT2D eigenvalue weighted by molar-refractivity contribution is 7.89. The second-order valence-corrected chi connectivity index (χ2v) is 11.2. The number of amides is 2. The minimum Gasteiger partial charge on any atom is -0.501 e. The van der Waals surface area contributed by atoms with Gasteiger partial charge in [-0.05, 0) is 73.9 Å². The summed E-state index contributed by atoms with van der Waals surface area (Å²) in [6.45, 7) is 2.07. The van der Waals surface area contributed by atoms with Crippen molar-refractivity contribution in [2.24, 2.45) is 10.9 Å². The lowest BCUT2D eigenvalue weighted by atomic mass is 9.77. The highest BCUT2D eigenvalue weighted by atomic mass is 32.2. The van der Waals surface area contributed by atoms with Gasteiger partial charge in [0.2, 0.25) is 15.8 Å². The van der Waals surface area contributed by atoms with Crippen LogP contribution in [0.1, 0.15) is 36.8 Å². The van der Waals surface area contributed by atoms with Crippen LogP contribution in [0, 0.1) is 18.7 Å². The molecule has 1 saturated carbocycles. The standard InChI is InChI=1S/C26H29FN4O5S/c1-17-3-2-4-21(13-17)37(35,36)31-26-11-9-19(10-12-26)15-29-25(34)23(32)22(30-16-26)24(33)28-14-18-5-7-20(27)8-6-18/h2-8,13,16,19,31-32H,9-12,14-15H2,1H3,(H,28,33)(H,29,34)/b23-22+,30-16?. The zero-order chi connectivity index (χ0) is 26.6. The van der Waals surface area contributed by atoms with Gasteiger partial charge in [0.15, 0.2) is 5.70 Å². The van der Waals surface area contributed by atoms with Crippen molar-refractivity contribution in [1.82, 2.24) is 15.4 Å². The van der Waals surface area contributed by atoms with E-state index in [1.807, 2.05) is 0 Å². The van der Waals surface area contributed by atoms with Crippen molar-refractivity contribution in [2.75, 3.05) is 6.54 Å². The molecule has 11 heteroatoms. The molecule has 2 amide bonds. The molecular formula is C26H29FN4O5S. The number of halogens is 1. The van der Waals surface area contributed by atoms with Crippen LogP contribution in [-0.4, -0.2) is 43.6 Å². The molecule has 2 aromatic carbocycles. The van der Waals surface area contributed by atoms with Crippen LogP contribution in [0.25, 0.3) is 0 Å². The first kappa shape index (κ1) is 26.5. The topological polar surface area (TPSA) is 137 Å². The number of aliphatic imine (C=N–C) groups is 1. The highest BCUT2D eigenvalue weighted by Gasteiger charge is 2.39. The molecule has 5 rings (SSSR count). The Kier molecular flexibility index (Phi) is 7.74. The van der Waals surface area contributed by atoms with Gasteiger partial charge >= 0.3 is 0 Å². The number of rotatable bonds is 6. The van der Waals surface area contributed by atoms with Crippen LogP contribution in [0.4, 0.5) is 4.39 Å². The molecule has 2 bridgehead atoms. The number of carbonyl (C=O) groups excluding carboxylic acids is 2. The molecule has 0 radical (unpaired) electrons.